The second kappa shape index (κ2) is 10.5. The van der Waals surface area contributed by atoms with Crippen molar-refractivity contribution in [2.75, 3.05) is 20.1 Å². The molecule has 0 amide bonds. The maximum absolute atomic E-state index is 10.4. The predicted molar refractivity (Wildman–Crippen MR) is 60.6 cm³/mol. The van der Waals surface area contributed by atoms with Crippen molar-refractivity contribution in [1.29, 1.82) is 0 Å². The minimum absolute atomic E-state index is 0.0869. The Hall–Kier alpha value is -0.570. The lowest BCUT2D eigenvalue weighted by atomic mass is 9.98. The lowest BCUT2D eigenvalue weighted by Crippen LogP contribution is -2.33. The van der Waals surface area contributed by atoms with Crippen LogP contribution in [0.4, 0.5) is 0 Å². The van der Waals surface area contributed by atoms with E-state index in [-0.39, 0.29) is 5.92 Å². The summed E-state index contributed by atoms with van der Waals surface area (Å²) in [6.45, 7) is 9.86. The zero-order chi connectivity index (χ0) is 11.6. The molecule has 0 bridgehead atoms. The molecule has 0 atom stereocenters. The van der Waals surface area contributed by atoms with Gasteiger partial charge in [-0.2, -0.15) is 0 Å². The van der Waals surface area contributed by atoms with E-state index in [0.29, 0.717) is 0 Å². The van der Waals surface area contributed by atoms with E-state index in [0.717, 1.165) is 25.9 Å². The van der Waals surface area contributed by atoms with Crippen molar-refractivity contribution in [3.8, 4) is 0 Å². The minimum Gasteiger partial charge on any atom is -0.481 e. The highest BCUT2D eigenvalue weighted by Gasteiger charge is 2.21. The number of carboxylic acids is 1. The van der Waals surface area contributed by atoms with Gasteiger partial charge in [0.1, 0.15) is 0 Å². The Balaban J connectivity index is 0. The molecule has 3 nitrogen and oxygen atoms in total. The van der Waals surface area contributed by atoms with Crippen LogP contribution in [-0.4, -0.2) is 36.1 Å². The maximum Gasteiger partial charge on any atom is 0.306 e. The third-order valence-corrected chi connectivity index (χ3v) is 2.07. The van der Waals surface area contributed by atoms with Gasteiger partial charge in [0.15, 0.2) is 0 Å². The van der Waals surface area contributed by atoms with E-state index in [1.165, 1.54) is 0 Å². The van der Waals surface area contributed by atoms with E-state index in [2.05, 4.69) is 4.90 Å². The molecular formula is C11H25NO2. The number of aliphatic carboxylic acids is 1. The number of likely N-dealkylation sites (tertiary alicyclic amines) is 1. The summed E-state index contributed by atoms with van der Waals surface area (Å²) in [4.78, 5) is 12.6. The summed E-state index contributed by atoms with van der Waals surface area (Å²) < 4.78 is 0. The molecule has 1 N–H and O–H groups in total. The second-order valence-corrected chi connectivity index (χ2v) is 2.92. The first-order valence-corrected chi connectivity index (χ1v) is 5.61. The highest BCUT2D eigenvalue weighted by atomic mass is 16.4. The number of rotatable bonds is 1. The highest BCUT2D eigenvalue weighted by Crippen LogP contribution is 2.15. The smallest absolute Gasteiger partial charge is 0.306 e. The fourth-order valence-electron chi connectivity index (χ4n) is 1.26. The number of nitrogens with zero attached hydrogens (tertiary/aromatic N) is 1. The standard InChI is InChI=1S/C7H13NO2.2C2H6/c1-8-4-2-6(3-5-8)7(9)10;2*1-2/h6H,2-5H2,1H3,(H,9,10);2*1-2H3. The Kier molecular flexibility index (Phi) is 11.9. The fraction of sp³-hybridized carbons (Fsp3) is 0.909. The topological polar surface area (TPSA) is 40.5 Å². The number of piperidine rings is 1. The van der Waals surface area contributed by atoms with Crippen molar-refractivity contribution >= 4 is 5.97 Å². The Morgan fingerprint density at radius 2 is 1.50 bits per heavy atom. The predicted octanol–water partition coefficient (Wildman–Crippen LogP) is 2.47. The molecule has 0 unspecified atom stereocenters. The van der Waals surface area contributed by atoms with Gasteiger partial charge in [0.05, 0.1) is 5.92 Å². The maximum atomic E-state index is 10.4. The van der Waals surface area contributed by atoms with E-state index < -0.39 is 5.97 Å². The molecule has 1 heterocycles. The van der Waals surface area contributed by atoms with Crippen molar-refractivity contribution in [1.82, 2.24) is 4.90 Å². The van der Waals surface area contributed by atoms with Crippen molar-refractivity contribution in [3.05, 3.63) is 0 Å². The van der Waals surface area contributed by atoms with Gasteiger partial charge >= 0.3 is 5.97 Å². The average molecular weight is 203 g/mol. The molecule has 86 valence electrons. The fourth-order valence-corrected chi connectivity index (χ4v) is 1.26. The van der Waals surface area contributed by atoms with Crippen LogP contribution in [0.15, 0.2) is 0 Å². The Bertz CT molecular complexity index is 129. The SMILES string of the molecule is CC.CC.CN1CCC(C(=O)O)CC1. The molecule has 1 aliphatic heterocycles. The second-order valence-electron chi connectivity index (χ2n) is 2.92. The monoisotopic (exact) mass is 203 g/mol. The molecule has 0 saturated carbocycles. The third-order valence-electron chi connectivity index (χ3n) is 2.07. The Morgan fingerprint density at radius 1 is 1.14 bits per heavy atom. The molecule has 0 aromatic rings. The van der Waals surface area contributed by atoms with Crippen LogP contribution in [0.3, 0.4) is 0 Å². The van der Waals surface area contributed by atoms with Gasteiger partial charge in [-0.25, -0.2) is 0 Å². The van der Waals surface area contributed by atoms with Gasteiger partial charge in [-0.15, -0.1) is 0 Å². The summed E-state index contributed by atoms with van der Waals surface area (Å²) in [5.41, 5.74) is 0. The summed E-state index contributed by atoms with van der Waals surface area (Å²) in [5.74, 6) is -0.718. The zero-order valence-corrected chi connectivity index (χ0v) is 10.2. The van der Waals surface area contributed by atoms with E-state index in [1.807, 2.05) is 34.7 Å². The van der Waals surface area contributed by atoms with Crippen molar-refractivity contribution in [3.63, 3.8) is 0 Å². The first kappa shape index (κ1) is 15.9. The van der Waals surface area contributed by atoms with Crippen LogP contribution < -0.4 is 0 Å². The van der Waals surface area contributed by atoms with Crippen LogP contribution in [0.2, 0.25) is 0 Å². The van der Waals surface area contributed by atoms with Crippen LogP contribution in [-0.2, 0) is 4.79 Å². The van der Waals surface area contributed by atoms with Crippen LogP contribution in [0.5, 0.6) is 0 Å². The summed E-state index contributed by atoms with van der Waals surface area (Å²) in [6.07, 6.45) is 1.62. The molecule has 14 heavy (non-hydrogen) atoms. The van der Waals surface area contributed by atoms with E-state index in [1.54, 1.807) is 0 Å². The summed E-state index contributed by atoms with van der Waals surface area (Å²) >= 11 is 0. The first-order valence-electron chi connectivity index (χ1n) is 5.61. The van der Waals surface area contributed by atoms with Crippen LogP contribution in [0, 0.1) is 5.92 Å². The van der Waals surface area contributed by atoms with Crippen molar-refractivity contribution in [2.24, 2.45) is 5.92 Å². The van der Waals surface area contributed by atoms with Gasteiger partial charge in [-0.3, -0.25) is 4.79 Å². The Labute approximate surface area is 88.1 Å². The molecule has 1 aliphatic rings. The zero-order valence-electron chi connectivity index (χ0n) is 10.2. The molecule has 1 saturated heterocycles. The van der Waals surface area contributed by atoms with Gasteiger partial charge in [0.25, 0.3) is 0 Å². The van der Waals surface area contributed by atoms with Crippen LogP contribution in [0.1, 0.15) is 40.5 Å². The summed E-state index contributed by atoms with van der Waals surface area (Å²) in [6, 6.07) is 0. The number of hydrogen-bond acceptors (Lipinski definition) is 2. The van der Waals surface area contributed by atoms with Gasteiger partial charge < -0.3 is 10.0 Å². The molecule has 3 heteroatoms. The Morgan fingerprint density at radius 3 is 1.79 bits per heavy atom. The number of carbonyl (C=O) groups is 1. The molecule has 0 aromatic heterocycles. The van der Waals surface area contributed by atoms with Crippen molar-refractivity contribution in [2.45, 2.75) is 40.5 Å². The molecule has 1 rings (SSSR count). The first-order chi connectivity index (χ1) is 6.70. The van der Waals surface area contributed by atoms with Crippen molar-refractivity contribution < 1.29 is 9.90 Å². The van der Waals surface area contributed by atoms with E-state index in [4.69, 9.17) is 5.11 Å². The lowest BCUT2D eigenvalue weighted by Gasteiger charge is -2.25. The largest absolute Gasteiger partial charge is 0.481 e. The molecule has 0 aromatic carbocycles. The highest BCUT2D eigenvalue weighted by molar-refractivity contribution is 5.70. The van der Waals surface area contributed by atoms with Gasteiger partial charge in [0.2, 0.25) is 0 Å². The van der Waals surface area contributed by atoms with E-state index in [9.17, 15) is 4.79 Å². The minimum atomic E-state index is -0.631. The summed E-state index contributed by atoms with van der Waals surface area (Å²) in [5, 5.41) is 8.61. The summed E-state index contributed by atoms with van der Waals surface area (Å²) in [7, 11) is 2.03. The molecule has 0 aliphatic carbocycles. The molecule has 0 radical (unpaired) electrons. The average Bonchev–Trinajstić information content (AvgIpc) is 2.24. The number of hydrogen-bond donors (Lipinski definition) is 1. The van der Waals surface area contributed by atoms with Gasteiger partial charge in [0, 0.05) is 0 Å². The van der Waals surface area contributed by atoms with Crippen LogP contribution in [0.25, 0.3) is 0 Å². The molecule has 0 spiro atoms. The lowest BCUT2D eigenvalue weighted by molar-refractivity contribution is -0.143. The molecular weight excluding hydrogens is 178 g/mol. The third kappa shape index (κ3) is 6.89. The van der Waals surface area contributed by atoms with Gasteiger partial charge in [-0.05, 0) is 33.0 Å². The van der Waals surface area contributed by atoms with E-state index >= 15 is 0 Å². The van der Waals surface area contributed by atoms with Crippen LogP contribution >= 0.6 is 0 Å². The number of carboxylic acid groups (broad SMARTS) is 1. The molecule has 1 fully saturated rings. The van der Waals surface area contributed by atoms with Gasteiger partial charge in [-0.1, -0.05) is 27.7 Å². The normalized spacial score (nSPS) is 17.2. The quantitative estimate of drug-likeness (QED) is 0.711.